The number of hydrogen-bond acceptors (Lipinski definition) is 3. The Hall–Kier alpha value is 0.340. The van der Waals surface area contributed by atoms with Gasteiger partial charge in [-0.05, 0) is 6.08 Å². The van der Waals surface area contributed by atoms with E-state index >= 15 is 0 Å². The zero-order chi connectivity index (χ0) is 6.41. The summed E-state index contributed by atoms with van der Waals surface area (Å²) in [7, 11) is -2.22. The molecule has 0 bridgehead atoms. The normalized spacial score (nSPS) is 11.5. The van der Waals surface area contributed by atoms with E-state index in [0.717, 1.165) is 0 Å². The standard InChI is InChI=1S/C3H6ClO3P/c4-2-1-3-7-8(5)6/h1-2,5-6H,3H2. The third-order valence-corrected chi connectivity index (χ3v) is 0.934. The molecule has 2 N–H and O–H groups in total. The molecule has 0 radical (unpaired) electrons. The van der Waals surface area contributed by atoms with Crippen molar-refractivity contribution < 1.29 is 14.3 Å². The molecule has 0 aliphatic carbocycles. The first-order valence-electron chi connectivity index (χ1n) is 1.83. The molecule has 0 atom stereocenters. The molecule has 0 aromatic heterocycles. The molecule has 0 aromatic rings. The highest BCUT2D eigenvalue weighted by molar-refractivity contribution is 7.39. The highest BCUT2D eigenvalue weighted by Gasteiger charge is 1.92. The van der Waals surface area contributed by atoms with E-state index in [0.29, 0.717) is 0 Å². The molecule has 3 nitrogen and oxygen atoms in total. The molecule has 0 aliphatic heterocycles. The molecule has 0 fully saturated rings. The second-order valence-electron chi connectivity index (χ2n) is 0.910. The Labute approximate surface area is 53.5 Å². The van der Waals surface area contributed by atoms with Crippen LogP contribution in [0.4, 0.5) is 0 Å². The second kappa shape index (κ2) is 5.48. The fraction of sp³-hybridized carbons (Fsp3) is 0.333. The van der Waals surface area contributed by atoms with Gasteiger partial charge < -0.3 is 14.3 Å². The molecule has 0 rings (SSSR count). The van der Waals surface area contributed by atoms with Crippen LogP contribution in [0.25, 0.3) is 0 Å². The lowest BCUT2D eigenvalue weighted by Gasteiger charge is -1.96. The lowest BCUT2D eigenvalue weighted by molar-refractivity contribution is 0.282. The van der Waals surface area contributed by atoms with Gasteiger partial charge in [-0.25, -0.2) is 0 Å². The maximum atomic E-state index is 8.10. The summed E-state index contributed by atoms with van der Waals surface area (Å²) >= 11 is 5.07. The van der Waals surface area contributed by atoms with Crippen LogP contribution in [0.2, 0.25) is 0 Å². The van der Waals surface area contributed by atoms with Crippen molar-refractivity contribution in [1.29, 1.82) is 0 Å². The minimum atomic E-state index is -2.22. The van der Waals surface area contributed by atoms with Crippen LogP contribution >= 0.6 is 20.2 Å². The Kier molecular flexibility index (Phi) is 5.71. The second-order valence-corrected chi connectivity index (χ2v) is 1.93. The van der Waals surface area contributed by atoms with Gasteiger partial charge in [-0.15, -0.1) is 0 Å². The summed E-state index contributed by atoms with van der Waals surface area (Å²) in [6.07, 6.45) is 1.46. The number of rotatable bonds is 3. The fourth-order valence-electron chi connectivity index (χ4n) is 0.146. The minimum absolute atomic E-state index is 0.141. The van der Waals surface area contributed by atoms with E-state index in [1.807, 2.05) is 0 Å². The van der Waals surface area contributed by atoms with Crippen LogP contribution in [-0.2, 0) is 4.52 Å². The average Bonchev–Trinajstić information content (AvgIpc) is 1.66. The van der Waals surface area contributed by atoms with Crippen molar-refractivity contribution in [1.82, 2.24) is 0 Å². The summed E-state index contributed by atoms with van der Waals surface area (Å²) in [6, 6.07) is 0. The highest BCUT2D eigenvalue weighted by atomic mass is 35.5. The van der Waals surface area contributed by atoms with Gasteiger partial charge in [-0.3, -0.25) is 0 Å². The smallest absolute Gasteiger partial charge is 0.327 e. The summed E-state index contributed by atoms with van der Waals surface area (Å²) in [5, 5.41) is 0. The van der Waals surface area contributed by atoms with E-state index in [4.69, 9.17) is 21.4 Å². The van der Waals surface area contributed by atoms with Crippen molar-refractivity contribution in [3.63, 3.8) is 0 Å². The summed E-state index contributed by atoms with van der Waals surface area (Å²) in [5.41, 5.74) is 1.25. The molecule has 0 unspecified atom stereocenters. The zero-order valence-electron chi connectivity index (χ0n) is 3.99. The molecule has 0 amide bonds. The van der Waals surface area contributed by atoms with Crippen LogP contribution < -0.4 is 0 Å². The number of halogens is 1. The first-order chi connectivity index (χ1) is 3.77. The van der Waals surface area contributed by atoms with Crippen LogP contribution in [0.15, 0.2) is 11.6 Å². The van der Waals surface area contributed by atoms with E-state index in [1.165, 1.54) is 11.6 Å². The molecular weight excluding hydrogens is 150 g/mol. The minimum Gasteiger partial charge on any atom is -0.328 e. The largest absolute Gasteiger partial charge is 0.328 e. The zero-order valence-corrected chi connectivity index (χ0v) is 5.64. The van der Waals surface area contributed by atoms with Crippen LogP contribution in [0.5, 0.6) is 0 Å². The summed E-state index contributed by atoms with van der Waals surface area (Å²) < 4.78 is 4.29. The van der Waals surface area contributed by atoms with Gasteiger partial charge in [0.1, 0.15) is 0 Å². The third kappa shape index (κ3) is 6.34. The Morgan fingerprint density at radius 2 is 2.25 bits per heavy atom. The quantitative estimate of drug-likeness (QED) is 0.599. The molecule has 5 heteroatoms. The molecule has 0 spiro atoms. The van der Waals surface area contributed by atoms with Crippen LogP contribution in [0.3, 0.4) is 0 Å². The summed E-state index contributed by atoms with van der Waals surface area (Å²) in [4.78, 5) is 16.2. The van der Waals surface area contributed by atoms with Crippen molar-refractivity contribution in [2.24, 2.45) is 0 Å². The predicted molar refractivity (Wildman–Crippen MR) is 32.3 cm³/mol. The molecule has 0 saturated heterocycles. The van der Waals surface area contributed by atoms with Gasteiger partial charge in [0, 0.05) is 5.54 Å². The van der Waals surface area contributed by atoms with Crippen LogP contribution in [0.1, 0.15) is 0 Å². The number of hydrogen-bond donors (Lipinski definition) is 2. The maximum Gasteiger partial charge on any atom is 0.327 e. The van der Waals surface area contributed by atoms with Crippen LogP contribution in [-0.4, -0.2) is 16.4 Å². The molecule has 0 heterocycles. The lowest BCUT2D eigenvalue weighted by Crippen LogP contribution is -1.81. The topological polar surface area (TPSA) is 49.7 Å². The summed E-state index contributed by atoms with van der Waals surface area (Å²) in [6.45, 7) is 0.141. The molecule has 0 aromatic carbocycles. The maximum absolute atomic E-state index is 8.10. The Morgan fingerprint density at radius 3 is 2.62 bits per heavy atom. The van der Waals surface area contributed by atoms with Crippen molar-refractivity contribution in [2.75, 3.05) is 6.61 Å². The van der Waals surface area contributed by atoms with Crippen LogP contribution in [0, 0.1) is 0 Å². The van der Waals surface area contributed by atoms with Gasteiger partial charge in [-0.1, -0.05) is 11.6 Å². The van der Waals surface area contributed by atoms with Crippen molar-refractivity contribution in [3.8, 4) is 0 Å². The summed E-state index contributed by atoms with van der Waals surface area (Å²) in [5.74, 6) is 0. The van der Waals surface area contributed by atoms with Crippen molar-refractivity contribution >= 4 is 20.2 Å². The molecule has 8 heavy (non-hydrogen) atoms. The highest BCUT2D eigenvalue weighted by Crippen LogP contribution is 2.23. The monoisotopic (exact) mass is 156 g/mol. The van der Waals surface area contributed by atoms with Crippen molar-refractivity contribution in [3.05, 3.63) is 11.6 Å². The lowest BCUT2D eigenvalue weighted by atomic mass is 10.7. The molecule has 0 aliphatic rings. The Balaban J connectivity index is 2.93. The fourth-order valence-corrected chi connectivity index (χ4v) is 0.438. The molecule has 0 saturated carbocycles. The van der Waals surface area contributed by atoms with E-state index in [-0.39, 0.29) is 6.61 Å². The third-order valence-electron chi connectivity index (χ3n) is 0.375. The van der Waals surface area contributed by atoms with Gasteiger partial charge in [0.15, 0.2) is 0 Å². The molecule has 48 valence electrons. The van der Waals surface area contributed by atoms with Gasteiger partial charge in [0.25, 0.3) is 0 Å². The predicted octanol–water partition coefficient (Wildman–Crippen LogP) is 0.967. The van der Waals surface area contributed by atoms with E-state index < -0.39 is 8.60 Å². The SMILES string of the molecule is OP(O)OCC=CCl. The van der Waals surface area contributed by atoms with Gasteiger partial charge in [0.2, 0.25) is 0 Å². The first-order valence-corrected chi connectivity index (χ1v) is 3.43. The van der Waals surface area contributed by atoms with Gasteiger partial charge in [-0.2, -0.15) is 0 Å². The molecular formula is C3H6ClO3P. The Morgan fingerprint density at radius 1 is 1.62 bits per heavy atom. The van der Waals surface area contributed by atoms with Gasteiger partial charge >= 0.3 is 8.60 Å². The van der Waals surface area contributed by atoms with E-state index in [9.17, 15) is 0 Å². The van der Waals surface area contributed by atoms with Crippen molar-refractivity contribution in [2.45, 2.75) is 0 Å². The van der Waals surface area contributed by atoms with E-state index in [2.05, 4.69) is 4.52 Å². The van der Waals surface area contributed by atoms with Gasteiger partial charge in [0.05, 0.1) is 6.61 Å². The van der Waals surface area contributed by atoms with E-state index in [1.54, 1.807) is 0 Å². The average molecular weight is 157 g/mol. The Bertz CT molecular complexity index is 74.9. The first kappa shape index (κ1) is 8.34.